The van der Waals surface area contributed by atoms with Crippen molar-refractivity contribution in [3.05, 3.63) is 114 Å². The van der Waals surface area contributed by atoms with Gasteiger partial charge in [-0.15, -0.1) is 0 Å². The van der Waals surface area contributed by atoms with E-state index in [9.17, 15) is 76.9 Å². The van der Waals surface area contributed by atoms with Crippen LogP contribution in [0.2, 0.25) is 0 Å². The summed E-state index contributed by atoms with van der Waals surface area (Å²) in [6.07, 6.45) is 1.20. The maximum absolute atomic E-state index is 14.3. The van der Waals surface area contributed by atoms with Gasteiger partial charge >= 0.3 is 24.1 Å². The quantitative estimate of drug-likeness (QED) is 0.0107. The first-order valence-electron chi connectivity index (χ1n) is 37.0. The number of thiazole rings is 1. The lowest BCUT2D eigenvalue weighted by Gasteiger charge is -2.69. The molecule has 111 heavy (non-hydrogen) atoms. The second-order valence-electron chi connectivity index (χ2n) is 30.5. The zero-order valence-electron chi connectivity index (χ0n) is 62.1. The van der Waals surface area contributed by atoms with Crippen molar-refractivity contribution in [2.75, 3.05) is 82.3 Å². The maximum Gasteiger partial charge on any atom is 0.410 e. The number of hydrogen-bond donors (Lipinski definition) is 8. The van der Waals surface area contributed by atoms with Crippen molar-refractivity contribution >= 4 is 90.1 Å². The summed E-state index contributed by atoms with van der Waals surface area (Å²) in [6.45, 7) is 7.59. The summed E-state index contributed by atoms with van der Waals surface area (Å²) in [4.78, 5) is 117. The number of carboxylic acid groups (broad SMARTS) is 2. The molecule has 4 bridgehead atoms. The molecule has 6 heterocycles. The minimum Gasteiger partial charge on any atom is -0.491 e. The highest BCUT2D eigenvalue weighted by Crippen LogP contribution is 2.72. The van der Waals surface area contributed by atoms with Gasteiger partial charge < -0.3 is 68.9 Å². The van der Waals surface area contributed by atoms with Gasteiger partial charge in [-0.1, -0.05) is 55.9 Å². The SMILES string of the molecule is COCCN(CCOC12CC3(C)CC(C)(CC(Cn4ncc(-c5ccc(-c6ccc7c(c6)N(C(=O)Nc6nc8ccccc8s6)CCC7)nc5C(=O)O)c4C)(C3)C1)C2)C(=O)OCc1ccc(O[C@H]2O[C@H](C(=O)O)[C@@H](O)[C@@H](O)[C@H]2O)cc1OCCOCCCC(=O)[C@H](CS(=O)(=O)O)NC(=O)CCCCCN1C(=O)C=CC1=O. The van der Waals surface area contributed by atoms with E-state index in [1.54, 1.807) is 23.2 Å². The number of para-hydroxylation sites is 1. The highest BCUT2D eigenvalue weighted by Gasteiger charge is 2.66. The number of hydrogen-bond acceptors (Lipinski definition) is 24. The number of aromatic carboxylic acids is 1. The molecule has 6 amide bonds. The second kappa shape index (κ2) is 34.3. The molecule has 5 fully saturated rings. The molecule has 2 unspecified atom stereocenters. The van der Waals surface area contributed by atoms with Crippen molar-refractivity contribution in [1.29, 1.82) is 0 Å². The fourth-order valence-electron chi connectivity index (χ4n) is 17.5. The Morgan fingerprint density at radius 2 is 1.56 bits per heavy atom. The van der Waals surface area contributed by atoms with Crippen LogP contribution < -0.4 is 25.0 Å². The summed E-state index contributed by atoms with van der Waals surface area (Å²) < 4.78 is 77.8. The molecule has 8 N–H and O–H groups in total. The van der Waals surface area contributed by atoms with Gasteiger partial charge in [0.25, 0.3) is 21.9 Å². The van der Waals surface area contributed by atoms with Gasteiger partial charge in [0.15, 0.2) is 22.7 Å². The Labute approximate surface area is 644 Å². The summed E-state index contributed by atoms with van der Waals surface area (Å²) in [6, 6.07) is 19.3. The number of aliphatic hydroxyl groups excluding tert-OH is 3. The number of carbonyl (C=O) groups is 8. The number of aliphatic hydroxyl groups is 3. The van der Waals surface area contributed by atoms with Crippen LogP contribution in [0, 0.1) is 23.2 Å². The Balaban J connectivity index is 0.670. The molecule has 0 radical (unpaired) electrons. The van der Waals surface area contributed by atoms with Crippen LogP contribution >= 0.6 is 11.3 Å². The van der Waals surface area contributed by atoms with E-state index in [4.69, 9.17) is 43.2 Å². The number of pyridine rings is 1. The average molecular weight is 1580 g/mol. The summed E-state index contributed by atoms with van der Waals surface area (Å²) in [5.41, 5.74) is 4.54. The normalized spacial score (nSPS) is 24.2. The molecule has 8 atom stereocenters. The summed E-state index contributed by atoms with van der Waals surface area (Å²) in [5, 5.41) is 62.9. The topological polar surface area (TPSA) is 434 Å². The lowest BCUT2D eigenvalue weighted by atomic mass is 9.39. The first-order valence-corrected chi connectivity index (χ1v) is 39.5. The Morgan fingerprint density at radius 1 is 0.802 bits per heavy atom. The van der Waals surface area contributed by atoms with E-state index in [-0.39, 0.29) is 118 Å². The monoisotopic (exact) mass is 1580 g/mol. The smallest absolute Gasteiger partial charge is 0.410 e. The number of carboxylic acids is 2. The first-order chi connectivity index (χ1) is 52.9. The van der Waals surface area contributed by atoms with Crippen molar-refractivity contribution in [3.8, 4) is 33.9 Å². The van der Waals surface area contributed by atoms with Crippen LogP contribution in [0.3, 0.4) is 0 Å². The first kappa shape index (κ1) is 81.1. The third-order valence-electron chi connectivity index (χ3n) is 21.4. The highest BCUT2D eigenvalue weighted by molar-refractivity contribution is 7.85. The zero-order chi connectivity index (χ0) is 79.2. The number of carbonyl (C=O) groups excluding carboxylic acids is 6. The summed E-state index contributed by atoms with van der Waals surface area (Å²) >= 11 is 1.40. The molecule has 3 aliphatic heterocycles. The van der Waals surface area contributed by atoms with E-state index in [0.717, 1.165) is 71.3 Å². The molecule has 1 saturated heterocycles. The van der Waals surface area contributed by atoms with Crippen molar-refractivity contribution in [2.45, 2.75) is 166 Å². The van der Waals surface area contributed by atoms with E-state index in [0.29, 0.717) is 77.5 Å². The lowest BCUT2D eigenvalue weighted by Crippen LogP contribution is -2.64. The number of imide groups is 1. The molecule has 13 rings (SSSR count). The van der Waals surface area contributed by atoms with Gasteiger partial charge in [-0.05, 0) is 142 Å². The second-order valence-corrected chi connectivity index (χ2v) is 33.0. The molecule has 3 aromatic carbocycles. The van der Waals surface area contributed by atoms with Crippen LogP contribution in [0.15, 0.2) is 91.1 Å². The standard InChI is InChI=1S/C77H93N9O23S2/c1-46-52(51-21-22-53(80-63(51)68(94)95)48-18-17-47-12-10-26-84(56(47)34-48)72(98)82-71-81-54-13-7-8-15-59(54)110-71)36-78-86(46)45-76-40-74(2)39-75(3,41-76)43-77(42-74,44-76)107-31-28-83(27-30-103-4)73(99)106-37-49-19-20-50(108-70-66(93)64(91)65(92)67(109-70)69(96)97)35-58(49)105-33-32-104-29-11-14-57(87)55(38-111(100,101)102)79-60(88)16-6-5-9-25-85-61(89)23-24-62(85)90/h7-8,13,15,17-24,34-36,55,64-67,70,91-93H,5-6,9-12,14,16,25-33,37-45H2,1-4H3,(H,79,88)(H,94,95)(H,96,97)(H,81,82,98)(H,100,101,102)/t55-,64+,65-,66+,67-,70-,74?,75?,76?,77?/m0/s1. The van der Waals surface area contributed by atoms with Crippen LogP contribution in [0.1, 0.15) is 125 Å². The fourth-order valence-corrected chi connectivity index (χ4v) is 19.1. The number of aryl methyl sites for hydroxylation is 1. The number of rotatable bonds is 36. The number of amides is 6. The minimum atomic E-state index is -4.71. The number of Topliss-reactive ketones (excluding diaryl/α,β-unsaturated/α-hetero) is 1. The van der Waals surface area contributed by atoms with Gasteiger partial charge in [-0.2, -0.15) is 13.5 Å². The number of fused-ring (bicyclic) bond motifs is 2. The van der Waals surface area contributed by atoms with Crippen LogP contribution in [-0.2, 0) is 77.3 Å². The number of aromatic nitrogens is 4. The third-order valence-corrected chi connectivity index (χ3v) is 23.1. The van der Waals surface area contributed by atoms with Crippen molar-refractivity contribution in [2.24, 2.45) is 16.2 Å². The minimum absolute atomic E-state index is 0.0534. The van der Waals surface area contributed by atoms with Crippen molar-refractivity contribution in [1.82, 2.24) is 34.9 Å². The Hall–Kier alpha value is -9.36. The van der Waals surface area contributed by atoms with Crippen molar-refractivity contribution < 1.29 is 110 Å². The predicted molar refractivity (Wildman–Crippen MR) is 400 cm³/mol. The van der Waals surface area contributed by atoms with Crippen LogP contribution in [0.25, 0.3) is 32.6 Å². The predicted octanol–water partition coefficient (Wildman–Crippen LogP) is 7.51. The molecule has 6 aromatic rings. The highest BCUT2D eigenvalue weighted by atomic mass is 32.2. The number of unbranched alkanes of at least 4 members (excludes halogenated alkanes) is 2. The van der Waals surface area contributed by atoms with E-state index < -0.39 is 99.8 Å². The average Bonchev–Trinajstić information content (AvgIpc) is 1.07. The molecule has 596 valence electrons. The van der Waals surface area contributed by atoms with Gasteiger partial charge in [-0.25, -0.2) is 29.1 Å². The number of methoxy groups -OCH3 is 1. The number of nitrogens with zero attached hydrogens (tertiary/aromatic N) is 7. The van der Waals surface area contributed by atoms with E-state index in [2.05, 4.69) is 29.5 Å². The van der Waals surface area contributed by atoms with E-state index in [1.165, 1.54) is 53.7 Å². The number of ketones is 1. The van der Waals surface area contributed by atoms with Gasteiger partial charge in [0.05, 0.1) is 47.5 Å². The van der Waals surface area contributed by atoms with Gasteiger partial charge in [0.2, 0.25) is 12.2 Å². The zero-order valence-corrected chi connectivity index (χ0v) is 63.7. The Bertz CT molecular complexity index is 4570. The Kier molecular flexibility index (Phi) is 25.1. The van der Waals surface area contributed by atoms with Crippen LogP contribution in [0.4, 0.5) is 20.4 Å². The largest absolute Gasteiger partial charge is 0.491 e. The number of anilines is 2. The molecule has 7 aliphatic rings. The van der Waals surface area contributed by atoms with Crippen LogP contribution in [-0.4, -0.2) is 230 Å². The third kappa shape index (κ3) is 19.4. The molecule has 32 nitrogen and oxygen atoms in total. The molecule has 34 heteroatoms. The Morgan fingerprint density at radius 3 is 2.29 bits per heavy atom. The number of nitrogens with one attached hydrogen (secondary N) is 2. The number of urea groups is 1. The van der Waals surface area contributed by atoms with Gasteiger partial charge in [0.1, 0.15) is 54.8 Å². The number of aliphatic carboxylic acids is 1. The van der Waals surface area contributed by atoms with Crippen LogP contribution in [0.5, 0.6) is 11.5 Å². The van der Waals surface area contributed by atoms with E-state index in [1.807, 2.05) is 54.1 Å². The van der Waals surface area contributed by atoms with Gasteiger partial charge in [-0.3, -0.25) is 43.5 Å². The summed E-state index contributed by atoms with van der Waals surface area (Å²) in [7, 11) is -3.21. The van der Waals surface area contributed by atoms with Gasteiger partial charge in [0, 0.05) is 111 Å². The molecule has 3 aromatic heterocycles. The van der Waals surface area contributed by atoms with Crippen molar-refractivity contribution in [3.63, 3.8) is 0 Å². The fraction of sp³-hybridized carbons (Fsp3) is 0.519. The van der Waals surface area contributed by atoms with E-state index >= 15 is 0 Å². The molecular weight excluding hydrogens is 1480 g/mol. The molecule has 0 spiro atoms. The lowest BCUT2D eigenvalue weighted by molar-refractivity contribution is -0.271. The molecular formula is C77H93N9O23S2. The molecule has 4 saturated carbocycles. The number of ether oxygens (including phenoxy) is 7. The summed E-state index contributed by atoms with van der Waals surface area (Å²) in [5.74, 6) is -6.11. The maximum atomic E-state index is 14.3. The molecule has 4 aliphatic carbocycles. The number of benzene rings is 3.